The zero-order valence-electron chi connectivity index (χ0n) is 19.2. The molecule has 1 N–H and O–H groups in total. The van der Waals surface area contributed by atoms with E-state index < -0.39 is 23.7 Å². The van der Waals surface area contributed by atoms with Crippen LogP contribution in [0.2, 0.25) is 0 Å². The van der Waals surface area contributed by atoms with Crippen molar-refractivity contribution in [1.29, 1.82) is 0 Å². The van der Waals surface area contributed by atoms with Gasteiger partial charge in [-0.25, -0.2) is 9.37 Å². The van der Waals surface area contributed by atoms with E-state index >= 15 is 0 Å². The van der Waals surface area contributed by atoms with E-state index in [2.05, 4.69) is 15.3 Å². The lowest BCUT2D eigenvalue weighted by Gasteiger charge is -2.31. The largest absolute Gasteiger partial charge is 0.497 e. The van der Waals surface area contributed by atoms with Crippen LogP contribution in [0.4, 0.5) is 15.8 Å². The van der Waals surface area contributed by atoms with E-state index in [4.69, 9.17) is 4.74 Å². The van der Waals surface area contributed by atoms with Gasteiger partial charge in [0.25, 0.3) is 11.8 Å². The van der Waals surface area contributed by atoms with Gasteiger partial charge in [-0.2, -0.15) is 0 Å². The minimum absolute atomic E-state index is 0.0801. The Kier molecular flexibility index (Phi) is 7.11. The van der Waals surface area contributed by atoms with Gasteiger partial charge in [0.2, 0.25) is 0 Å². The predicted molar refractivity (Wildman–Crippen MR) is 131 cm³/mol. The highest BCUT2D eigenvalue weighted by molar-refractivity contribution is 6.11. The van der Waals surface area contributed by atoms with Crippen LogP contribution in [-0.2, 0) is 4.79 Å². The third-order valence-electron chi connectivity index (χ3n) is 5.31. The number of hydrogen-bond acceptors (Lipinski definition) is 5. The Balaban J connectivity index is 1.86. The second-order valence-corrected chi connectivity index (χ2v) is 7.78. The van der Waals surface area contributed by atoms with E-state index in [1.165, 1.54) is 54.9 Å². The lowest BCUT2D eigenvalue weighted by atomic mass is 10.0. The molecule has 176 valence electrons. The summed E-state index contributed by atoms with van der Waals surface area (Å²) in [6.45, 7) is 1.90. The summed E-state index contributed by atoms with van der Waals surface area (Å²) in [7, 11) is 1.52. The Bertz CT molecular complexity index is 1330. The Hall–Kier alpha value is -4.59. The number of methoxy groups -OCH3 is 1. The van der Waals surface area contributed by atoms with Crippen molar-refractivity contribution < 1.29 is 18.7 Å². The van der Waals surface area contributed by atoms with E-state index in [1.54, 1.807) is 30.3 Å². The average Bonchev–Trinajstić information content (AvgIpc) is 2.88. The molecule has 0 unspecified atom stereocenters. The lowest BCUT2D eigenvalue weighted by molar-refractivity contribution is -0.117. The molecule has 7 nitrogen and oxygen atoms in total. The van der Waals surface area contributed by atoms with Crippen LogP contribution in [0.5, 0.6) is 5.75 Å². The minimum Gasteiger partial charge on any atom is -0.497 e. The second kappa shape index (κ2) is 10.6. The number of ether oxygens (including phenoxy) is 1. The van der Waals surface area contributed by atoms with E-state index in [-0.39, 0.29) is 5.69 Å². The van der Waals surface area contributed by atoms with Crippen LogP contribution >= 0.6 is 0 Å². The Morgan fingerprint density at radius 3 is 2.46 bits per heavy atom. The monoisotopic (exact) mass is 470 g/mol. The van der Waals surface area contributed by atoms with Crippen LogP contribution in [0.15, 0.2) is 91.4 Å². The maximum absolute atomic E-state index is 13.8. The molecular formula is C27H23FN4O3. The van der Waals surface area contributed by atoms with Crippen molar-refractivity contribution in [2.75, 3.05) is 17.3 Å². The van der Waals surface area contributed by atoms with Gasteiger partial charge in [-0.1, -0.05) is 24.3 Å². The molecule has 0 spiro atoms. The Morgan fingerprint density at radius 1 is 1.00 bits per heavy atom. The van der Waals surface area contributed by atoms with Crippen molar-refractivity contribution in [3.63, 3.8) is 0 Å². The molecule has 3 aromatic carbocycles. The first-order chi connectivity index (χ1) is 17.0. The number of carbonyl (C=O) groups excluding carboxylic acids is 2. The highest BCUT2D eigenvalue weighted by atomic mass is 19.1. The molecule has 8 heteroatoms. The molecule has 35 heavy (non-hydrogen) atoms. The van der Waals surface area contributed by atoms with Crippen LogP contribution in [0.1, 0.15) is 27.7 Å². The van der Waals surface area contributed by atoms with Gasteiger partial charge in [-0.3, -0.25) is 19.5 Å². The maximum atomic E-state index is 13.8. The van der Waals surface area contributed by atoms with Crippen LogP contribution in [0.25, 0.3) is 0 Å². The average molecular weight is 471 g/mol. The first-order valence-electron chi connectivity index (χ1n) is 10.8. The van der Waals surface area contributed by atoms with Gasteiger partial charge in [-0.15, -0.1) is 0 Å². The maximum Gasteiger partial charge on any atom is 0.279 e. The number of hydrogen-bond donors (Lipinski definition) is 1. The lowest BCUT2D eigenvalue weighted by Crippen LogP contribution is -2.42. The zero-order chi connectivity index (χ0) is 24.8. The summed E-state index contributed by atoms with van der Waals surface area (Å²) in [6.07, 6.45) is 4.24. The Labute approximate surface area is 202 Å². The predicted octanol–water partition coefficient (Wildman–Crippen LogP) is 4.96. The molecule has 1 heterocycles. The summed E-state index contributed by atoms with van der Waals surface area (Å²) >= 11 is 0. The first kappa shape index (κ1) is 23.6. The number of benzene rings is 3. The van der Waals surface area contributed by atoms with E-state index in [1.807, 2.05) is 25.1 Å². The van der Waals surface area contributed by atoms with Crippen LogP contribution in [-0.4, -0.2) is 28.9 Å². The van der Waals surface area contributed by atoms with Crippen LogP contribution < -0.4 is 15.0 Å². The molecule has 1 atom stereocenters. The van der Waals surface area contributed by atoms with Crippen molar-refractivity contribution in [3.8, 4) is 5.75 Å². The summed E-state index contributed by atoms with van der Waals surface area (Å²) in [6, 6.07) is 18.5. The summed E-state index contributed by atoms with van der Waals surface area (Å²) in [5.41, 5.74) is 2.39. The molecule has 4 aromatic rings. The standard InChI is InChI=1S/C27H23FN4O3/c1-18-5-3-7-22(15-18)32(27(34)24-17-29-13-14-30-24)25(19-6-4-8-23(16-19)35-2)26(33)31-21-11-9-20(28)10-12-21/h3-17,25H,1-2H3,(H,31,33)/t25-/m1/s1. The molecular weight excluding hydrogens is 447 g/mol. The van der Waals surface area contributed by atoms with E-state index in [0.717, 1.165) is 5.56 Å². The molecule has 0 radical (unpaired) electrons. The molecule has 2 amide bonds. The summed E-state index contributed by atoms with van der Waals surface area (Å²) in [5.74, 6) is -0.904. The fourth-order valence-electron chi connectivity index (χ4n) is 3.67. The number of halogens is 1. The highest BCUT2D eigenvalue weighted by Gasteiger charge is 2.34. The number of nitrogens with one attached hydrogen (secondary N) is 1. The van der Waals surface area contributed by atoms with Crippen molar-refractivity contribution >= 4 is 23.2 Å². The number of amides is 2. The van der Waals surface area contributed by atoms with Gasteiger partial charge < -0.3 is 10.1 Å². The third-order valence-corrected chi connectivity index (χ3v) is 5.31. The molecule has 0 aliphatic rings. The molecule has 0 fully saturated rings. The molecule has 1 aromatic heterocycles. The number of carbonyl (C=O) groups is 2. The van der Waals surface area contributed by atoms with Crippen LogP contribution in [0, 0.1) is 12.7 Å². The van der Waals surface area contributed by atoms with Crippen LogP contribution in [0.3, 0.4) is 0 Å². The minimum atomic E-state index is -1.11. The zero-order valence-corrected chi connectivity index (χ0v) is 19.2. The molecule has 0 aliphatic heterocycles. The quantitative estimate of drug-likeness (QED) is 0.413. The topological polar surface area (TPSA) is 84.4 Å². The number of rotatable bonds is 7. The molecule has 0 bridgehead atoms. The van der Waals surface area contributed by atoms with Crippen molar-refractivity contribution in [3.05, 3.63) is 114 Å². The molecule has 0 aliphatic carbocycles. The van der Waals surface area contributed by atoms with Crippen molar-refractivity contribution in [2.24, 2.45) is 0 Å². The van der Waals surface area contributed by atoms with E-state index in [0.29, 0.717) is 22.7 Å². The summed E-state index contributed by atoms with van der Waals surface area (Å²) in [4.78, 5) is 37.1. The van der Waals surface area contributed by atoms with Gasteiger partial charge in [0.15, 0.2) is 0 Å². The molecule has 0 saturated carbocycles. The number of anilines is 2. The van der Waals surface area contributed by atoms with Crippen molar-refractivity contribution in [2.45, 2.75) is 13.0 Å². The fourth-order valence-corrected chi connectivity index (χ4v) is 3.67. The third kappa shape index (κ3) is 5.50. The second-order valence-electron chi connectivity index (χ2n) is 7.78. The van der Waals surface area contributed by atoms with Gasteiger partial charge in [0.05, 0.1) is 13.3 Å². The van der Waals surface area contributed by atoms with E-state index in [9.17, 15) is 14.0 Å². The van der Waals surface area contributed by atoms with Gasteiger partial charge in [0.1, 0.15) is 23.3 Å². The Morgan fingerprint density at radius 2 is 1.77 bits per heavy atom. The first-order valence-corrected chi connectivity index (χ1v) is 10.8. The number of aromatic nitrogens is 2. The SMILES string of the molecule is COc1cccc([C@H](C(=O)Nc2ccc(F)cc2)N(C(=O)c2cnccn2)c2cccc(C)c2)c1. The van der Waals surface area contributed by atoms with Gasteiger partial charge >= 0.3 is 0 Å². The summed E-state index contributed by atoms with van der Waals surface area (Å²) < 4.78 is 18.8. The smallest absolute Gasteiger partial charge is 0.279 e. The highest BCUT2D eigenvalue weighted by Crippen LogP contribution is 2.32. The normalized spacial score (nSPS) is 11.4. The number of nitrogens with zero attached hydrogens (tertiary/aromatic N) is 3. The number of aryl methyl sites for hydroxylation is 1. The molecule has 4 rings (SSSR count). The molecule has 0 saturated heterocycles. The summed E-state index contributed by atoms with van der Waals surface area (Å²) in [5, 5.41) is 2.80. The fraction of sp³-hybridized carbons (Fsp3) is 0.111. The van der Waals surface area contributed by atoms with Gasteiger partial charge in [-0.05, 0) is 66.6 Å². The van der Waals surface area contributed by atoms with Crippen molar-refractivity contribution in [1.82, 2.24) is 9.97 Å². The van der Waals surface area contributed by atoms with Gasteiger partial charge in [0, 0.05) is 23.8 Å².